The fraction of sp³-hybridized carbons (Fsp3) is 0.167. The van der Waals surface area contributed by atoms with Crippen molar-refractivity contribution in [2.24, 2.45) is 0 Å². The van der Waals surface area contributed by atoms with E-state index in [9.17, 15) is 0 Å². The lowest BCUT2D eigenvalue weighted by Crippen LogP contribution is -2.12. The number of rotatable bonds is 2. The molecule has 0 fully saturated rings. The molecule has 0 bridgehead atoms. The summed E-state index contributed by atoms with van der Waals surface area (Å²) in [5, 5.41) is 0. The first kappa shape index (κ1) is 15.9. The van der Waals surface area contributed by atoms with Crippen molar-refractivity contribution in [1.29, 1.82) is 0 Å². The van der Waals surface area contributed by atoms with Crippen LogP contribution in [0.15, 0.2) is 77.3 Å². The molecule has 0 saturated heterocycles. The van der Waals surface area contributed by atoms with Gasteiger partial charge in [-0.15, -0.1) is 0 Å². The number of ether oxygens (including phenoxy) is 1. The second-order valence-corrected chi connectivity index (χ2v) is 7.88. The molecule has 1 heterocycles. The molecule has 128 valence electrons. The molecule has 0 spiro atoms. The highest BCUT2D eigenvalue weighted by molar-refractivity contribution is 9.10. The summed E-state index contributed by atoms with van der Waals surface area (Å²) in [6.45, 7) is 0. The van der Waals surface area contributed by atoms with Crippen molar-refractivity contribution >= 4 is 27.1 Å². The van der Waals surface area contributed by atoms with E-state index in [0.717, 1.165) is 29.5 Å². The van der Waals surface area contributed by atoms with Crippen LogP contribution >= 0.6 is 15.9 Å². The van der Waals surface area contributed by atoms with Gasteiger partial charge in [-0.3, -0.25) is 0 Å². The Morgan fingerprint density at radius 3 is 2.65 bits per heavy atom. The second kappa shape index (κ2) is 6.44. The van der Waals surface area contributed by atoms with Gasteiger partial charge in [-0.2, -0.15) is 0 Å². The lowest BCUT2D eigenvalue weighted by molar-refractivity contribution is 0.280. The van der Waals surface area contributed by atoms with Gasteiger partial charge in [0.25, 0.3) is 0 Å². The van der Waals surface area contributed by atoms with Crippen LogP contribution in [-0.4, -0.2) is 6.10 Å². The summed E-state index contributed by atoms with van der Waals surface area (Å²) in [7, 11) is 0. The van der Waals surface area contributed by atoms with Gasteiger partial charge in [-0.25, -0.2) is 0 Å². The Kier molecular flexibility index (Phi) is 3.94. The number of allylic oxidation sites excluding steroid dienone is 6. The molecule has 5 rings (SSSR count). The van der Waals surface area contributed by atoms with E-state index in [2.05, 4.69) is 88.8 Å². The van der Waals surface area contributed by atoms with E-state index in [-0.39, 0.29) is 6.10 Å². The number of para-hydroxylation sites is 1. The number of hydrogen-bond donors (Lipinski definition) is 0. The van der Waals surface area contributed by atoms with Gasteiger partial charge in [0.15, 0.2) is 0 Å². The van der Waals surface area contributed by atoms with Crippen molar-refractivity contribution in [3.63, 3.8) is 0 Å². The topological polar surface area (TPSA) is 9.23 Å². The zero-order valence-electron chi connectivity index (χ0n) is 14.4. The molecular formula is C24H19BrO. The molecule has 26 heavy (non-hydrogen) atoms. The smallest absolute Gasteiger partial charge is 0.135 e. The molecule has 1 aliphatic heterocycles. The maximum atomic E-state index is 6.36. The largest absolute Gasteiger partial charge is 0.484 e. The van der Waals surface area contributed by atoms with Crippen LogP contribution in [0.2, 0.25) is 0 Å². The highest BCUT2D eigenvalue weighted by Gasteiger charge is 2.30. The highest BCUT2D eigenvalue weighted by Crippen LogP contribution is 2.46. The first-order valence-electron chi connectivity index (χ1n) is 9.13. The number of halogens is 1. The molecule has 2 aromatic rings. The maximum Gasteiger partial charge on any atom is 0.135 e. The zero-order valence-corrected chi connectivity index (χ0v) is 16.0. The third kappa shape index (κ3) is 2.69. The Hall–Kier alpha value is -2.32. The average molecular weight is 403 g/mol. The van der Waals surface area contributed by atoms with Gasteiger partial charge in [-0.1, -0.05) is 70.6 Å². The van der Waals surface area contributed by atoms with E-state index >= 15 is 0 Å². The molecular weight excluding hydrogens is 384 g/mol. The zero-order chi connectivity index (χ0) is 17.5. The minimum absolute atomic E-state index is 0.161. The van der Waals surface area contributed by atoms with Gasteiger partial charge >= 0.3 is 0 Å². The van der Waals surface area contributed by atoms with E-state index in [0.29, 0.717) is 0 Å². The molecule has 1 atom stereocenters. The summed E-state index contributed by atoms with van der Waals surface area (Å²) in [5.41, 5.74) is 7.59. The summed E-state index contributed by atoms with van der Waals surface area (Å²) in [6.07, 6.45) is 16.4. The van der Waals surface area contributed by atoms with Crippen molar-refractivity contribution in [3.8, 4) is 16.9 Å². The molecule has 2 heteroatoms. The van der Waals surface area contributed by atoms with Crippen LogP contribution < -0.4 is 4.74 Å². The first-order chi connectivity index (χ1) is 12.8. The molecule has 0 saturated carbocycles. The molecule has 0 aromatic heterocycles. The van der Waals surface area contributed by atoms with Crippen LogP contribution in [0.5, 0.6) is 5.75 Å². The van der Waals surface area contributed by atoms with Crippen LogP contribution in [-0.2, 0) is 0 Å². The van der Waals surface area contributed by atoms with Crippen LogP contribution in [0.3, 0.4) is 0 Å². The van der Waals surface area contributed by atoms with E-state index in [1.165, 1.54) is 33.4 Å². The molecule has 0 amide bonds. The Morgan fingerprint density at radius 2 is 1.77 bits per heavy atom. The van der Waals surface area contributed by atoms with Gasteiger partial charge < -0.3 is 4.74 Å². The van der Waals surface area contributed by atoms with Crippen LogP contribution in [0.4, 0.5) is 0 Å². The number of benzene rings is 2. The highest BCUT2D eigenvalue weighted by atomic mass is 79.9. The van der Waals surface area contributed by atoms with E-state index in [1.54, 1.807) is 0 Å². The molecule has 1 unspecified atom stereocenters. The average Bonchev–Trinajstić information content (AvgIpc) is 3.07. The van der Waals surface area contributed by atoms with Gasteiger partial charge in [0.05, 0.1) is 0 Å². The summed E-state index contributed by atoms with van der Waals surface area (Å²) in [4.78, 5) is 0. The van der Waals surface area contributed by atoms with E-state index in [1.807, 2.05) is 0 Å². The Morgan fingerprint density at radius 1 is 0.923 bits per heavy atom. The predicted molar refractivity (Wildman–Crippen MR) is 112 cm³/mol. The Labute approximate surface area is 162 Å². The quantitative estimate of drug-likeness (QED) is 0.527. The predicted octanol–water partition coefficient (Wildman–Crippen LogP) is 6.95. The third-order valence-corrected chi connectivity index (χ3v) is 5.75. The minimum Gasteiger partial charge on any atom is -0.484 e. The van der Waals surface area contributed by atoms with Gasteiger partial charge in [0, 0.05) is 27.6 Å². The van der Waals surface area contributed by atoms with Crippen LogP contribution in [0, 0.1) is 0 Å². The SMILES string of the molecule is Brc1cc(C2=CC=CCC2)cc(-c2cccc3c2OC2CC=CC=C32)c1. The van der Waals surface area contributed by atoms with Crippen molar-refractivity contribution in [2.45, 2.75) is 25.4 Å². The molecule has 0 N–H and O–H groups in total. The van der Waals surface area contributed by atoms with Crippen LogP contribution in [0.1, 0.15) is 30.4 Å². The third-order valence-electron chi connectivity index (χ3n) is 5.29. The van der Waals surface area contributed by atoms with E-state index in [4.69, 9.17) is 4.74 Å². The standard InChI is InChI=1S/C24H19BrO/c25-19-14-17(16-7-2-1-3-8-16)13-18(15-19)20-10-6-11-22-21-9-4-5-12-23(21)26-24(20)22/h1-2,4-7,9-11,13-15,23H,3,8,12H2. The second-order valence-electron chi connectivity index (χ2n) is 6.96. The minimum atomic E-state index is 0.161. The van der Waals surface area contributed by atoms with Gasteiger partial charge in [0.1, 0.15) is 11.9 Å². The molecule has 1 nitrogen and oxygen atoms in total. The lowest BCUT2D eigenvalue weighted by atomic mass is 9.92. The normalized spacial score (nSPS) is 20.1. The first-order valence-corrected chi connectivity index (χ1v) is 9.93. The molecule has 2 aliphatic carbocycles. The molecule has 2 aromatic carbocycles. The van der Waals surface area contributed by atoms with Crippen LogP contribution in [0.25, 0.3) is 22.3 Å². The van der Waals surface area contributed by atoms with Crippen molar-refractivity contribution in [3.05, 3.63) is 88.5 Å². The van der Waals surface area contributed by atoms with Crippen molar-refractivity contribution < 1.29 is 4.74 Å². The summed E-state index contributed by atoms with van der Waals surface area (Å²) in [6, 6.07) is 13.2. The summed E-state index contributed by atoms with van der Waals surface area (Å²) < 4.78 is 7.47. The summed E-state index contributed by atoms with van der Waals surface area (Å²) in [5.74, 6) is 1.02. The Balaban J connectivity index is 1.63. The molecule has 3 aliphatic rings. The van der Waals surface area contributed by atoms with Crippen molar-refractivity contribution in [1.82, 2.24) is 0 Å². The van der Waals surface area contributed by atoms with Crippen molar-refractivity contribution in [2.75, 3.05) is 0 Å². The fourth-order valence-corrected chi connectivity index (χ4v) is 4.51. The maximum absolute atomic E-state index is 6.36. The fourth-order valence-electron chi connectivity index (χ4n) is 4.02. The number of fused-ring (bicyclic) bond motifs is 3. The lowest BCUT2D eigenvalue weighted by Gasteiger charge is -2.15. The Bertz CT molecular complexity index is 1010. The molecule has 0 radical (unpaired) electrons. The monoisotopic (exact) mass is 402 g/mol. The summed E-state index contributed by atoms with van der Waals surface area (Å²) >= 11 is 3.71. The van der Waals surface area contributed by atoms with E-state index < -0.39 is 0 Å². The number of hydrogen-bond acceptors (Lipinski definition) is 1. The van der Waals surface area contributed by atoms with Gasteiger partial charge in [0.2, 0.25) is 0 Å². The van der Waals surface area contributed by atoms with Gasteiger partial charge in [-0.05, 0) is 47.7 Å².